The summed E-state index contributed by atoms with van der Waals surface area (Å²) in [7, 11) is -0.408. The average Bonchev–Trinajstić information content (AvgIpc) is 2.86. The van der Waals surface area contributed by atoms with E-state index in [1.165, 1.54) is 8.99 Å². The Morgan fingerprint density at radius 3 is 2.74 bits per heavy atom. The third kappa shape index (κ3) is 2.52. The SMILES string of the molecule is COCC1CCCN1S(=O)(=O)c1c(C)nn(C)c1Cl. The second-order valence-electron chi connectivity index (χ2n) is 4.70. The molecule has 1 aromatic rings. The Morgan fingerprint density at radius 2 is 2.21 bits per heavy atom. The van der Waals surface area contributed by atoms with Gasteiger partial charge in [-0.2, -0.15) is 9.40 Å². The zero-order valence-electron chi connectivity index (χ0n) is 11.3. The van der Waals surface area contributed by atoms with Crippen LogP contribution in [0.25, 0.3) is 0 Å². The molecule has 19 heavy (non-hydrogen) atoms. The minimum absolute atomic E-state index is 0.111. The summed E-state index contributed by atoms with van der Waals surface area (Å²) in [5.74, 6) is 0. The Bertz CT molecular complexity index is 570. The Balaban J connectivity index is 2.42. The lowest BCUT2D eigenvalue weighted by atomic mass is 10.2. The summed E-state index contributed by atoms with van der Waals surface area (Å²) in [5.41, 5.74) is 0.426. The zero-order chi connectivity index (χ0) is 14.2. The molecule has 0 radical (unpaired) electrons. The van der Waals surface area contributed by atoms with Crippen molar-refractivity contribution in [1.82, 2.24) is 14.1 Å². The van der Waals surface area contributed by atoms with Gasteiger partial charge in [-0.15, -0.1) is 0 Å². The molecule has 8 heteroatoms. The molecule has 6 nitrogen and oxygen atoms in total. The van der Waals surface area contributed by atoms with Gasteiger partial charge in [-0.1, -0.05) is 11.6 Å². The molecule has 0 spiro atoms. The monoisotopic (exact) mass is 307 g/mol. The molecule has 0 saturated carbocycles. The smallest absolute Gasteiger partial charge is 0.248 e. The van der Waals surface area contributed by atoms with Crippen molar-refractivity contribution in [2.75, 3.05) is 20.3 Å². The average molecular weight is 308 g/mol. The standard InChI is InChI=1S/C11H18ClN3O3S/c1-8-10(11(12)14(2)13-8)19(16,17)15-6-4-5-9(15)7-18-3/h9H,4-7H2,1-3H3. The molecule has 0 amide bonds. The molecular weight excluding hydrogens is 290 g/mol. The highest BCUT2D eigenvalue weighted by Gasteiger charge is 2.38. The number of methoxy groups -OCH3 is 1. The van der Waals surface area contributed by atoms with Crippen molar-refractivity contribution in [2.24, 2.45) is 7.05 Å². The minimum atomic E-state index is -3.61. The van der Waals surface area contributed by atoms with E-state index in [0.717, 1.165) is 12.8 Å². The largest absolute Gasteiger partial charge is 0.383 e. The lowest BCUT2D eigenvalue weighted by Crippen LogP contribution is -2.38. The van der Waals surface area contributed by atoms with E-state index in [-0.39, 0.29) is 16.1 Å². The maximum absolute atomic E-state index is 12.7. The summed E-state index contributed by atoms with van der Waals surface area (Å²) in [6.45, 7) is 2.55. The molecule has 108 valence electrons. The first-order valence-corrected chi connectivity index (χ1v) is 7.91. The van der Waals surface area contributed by atoms with E-state index in [4.69, 9.17) is 16.3 Å². The van der Waals surface area contributed by atoms with Crippen LogP contribution in [0, 0.1) is 6.92 Å². The van der Waals surface area contributed by atoms with Crippen LogP contribution in [0.2, 0.25) is 5.15 Å². The summed E-state index contributed by atoms with van der Waals surface area (Å²) in [4.78, 5) is 0.111. The molecule has 1 atom stereocenters. The molecule has 1 aliphatic rings. The predicted octanol–water partition coefficient (Wildman–Crippen LogP) is 1.18. The van der Waals surface area contributed by atoms with Gasteiger partial charge < -0.3 is 4.74 Å². The van der Waals surface area contributed by atoms with Gasteiger partial charge in [0.25, 0.3) is 0 Å². The Morgan fingerprint density at radius 1 is 1.53 bits per heavy atom. The van der Waals surface area contributed by atoms with Crippen molar-refractivity contribution in [3.05, 3.63) is 10.8 Å². The van der Waals surface area contributed by atoms with E-state index >= 15 is 0 Å². The van der Waals surface area contributed by atoms with Gasteiger partial charge in [-0.05, 0) is 19.8 Å². The molecule has 0 bridgehead atoms. The predicted molar refractivity (Wildman–Crippen MR) is 71.7 cm³/mol. The van der Waals surface area contributed by atoms with E-state index in [9.17, 15) is 8.42 Å². The van der Waals surface area contributed by atoms with Crippen LogP contribution in [0.4, 0.5) is 0 Å². The Hall–Kier alpha value is -0.630. The van der Waals surface area contributed by atoms with Crippen molar-refractivity contribution in [2.45, 2.75) is 30.7 Å². The number of hydrogen-bond donors (Lipinski definition) is 0. The number of aryl methyl sites for hydroxylation is 2. The number of aromatic nitrogens is 2. The summed E-state index contributed by atoms with van der Waals surface area (Å²) in [6, 6.07) is -0.120. The van der Waals surface area contributed by atoms with Crippen LogP contribution >= 0.6 is 11.6 Å². The highest BCUT2D eigenvalue weighted by atomic mass is 35.5. The van der Waals surface area contributed by atoms with Crippen molar-refractivity contribution in [3.63, 3.8) is 0 Å². The fourth-order valence-corrected chi connectivity index (χ4v) is 4.89. The lowest BCUT2D eigenvalue weighted by Gasteiger charge is -2.23. The van der Waals surface area contributed by atoms with Crippen LogP contribution < -0.4 is 0 Å². The Labute approximate surface area is 118 Å². The van der Waals surface area contributed by atoms with E-state index in [1.54, 1.807) is 21.1 Å². The number of hydrogen-bond acceptors (Lipinski definition) is 4. The minimum Gasteiger partial charge on any atom is -0.383 e. The fraction of sp³-hybridized carbons (Fsp3) is 0.727. The van der Waals surface area contributed by atoms with Gasteiger partial charge in [0.05, 0.1) is 12.3 Å². The van der Waals surface area contributed by atoms with Gasteiger partial charge in [0.1, 0.15) is 10.0 Å². The Kier molecular flexibility index (Phi) is 4.20. The molecular formula is C11H18ClN3O3S. The topological polar surface area (TPSA) is 64.4 Å². The summed E-state index contributed by atoms with van der Waals surface area (Å²) < 4.78 is 33.4. The van der Waals surface area contributed by atoms with Gasteiger partial charge in [-0.3, -0.25) is 4.68 Å². The maximum Gasteiger partial charge on any atom is 0.248 e. The first kappa shape index (κ1) is 14.8. The third-order valence-electron chi connectivity index (χ3n) is 3.35. The van der Waals surface area contributed by atoms with E-state index in [1.807, 2.05) is 0 Å². The van der Waals surface area contributed by atoms with Crippen LogP contribution in [0.15, 0.2) is 4.90 Å². The maximum atomic E-state index is 12.7. The van der Waals surface area contributed by atoms with Crippen LogP contribution in [0.5, 0.6) is 0 Å². The zero-order valence-corrected chi connectivity index (χ0v) is 12.8. The third-order valence-corrected chi connectivity index (χ3v) is 6.00. The summed E-state index contributed by atoms with van der Waals surface area (Å²) >= 11 is 6.07. The first-order valence-electron chi connectivity index (χ1n) is 6.09. The van der Waals surface area contributed by atoms with Crippen molar-refractivity contribution in [1.29, 1.82) is 0 Å². The second-order valence-corrected chi connectivity index (χ2v) is 6.88. The highest BCUT2D eigenvalue weighted by Crippen LogP contribution is 2.31. The normalized spacial score (nSPS) is 21.2. The molecule has 1 fully saturated rings. The number of halogens is 1. The van der Waals surface area contributed by atoms with Crippen LogP contribution in [-0.2, 0) is 21.8 Å². The molecule has 0 N–H and O–H groups in total. The van der Waals surface area contributed by atoms with Gasteiger partial charge in [-0.25, -0.2) is 8.42 Å². The molecule has 1 aromatic heterocycles. The second kappa shape index (κ2) is 5.40. The number of sulfonamides is 1. The number of rotatable bonds is 4. The summed E-state index contributed by atoms with van der Waals surface area (Å²) in [5, 5.41) is 4.22. The fourth-order valence-electron chi connectivity index (χ4n) is 2.51. The highest BCUT2D eigenvalue weighted by molar-refractivity contribution is 7.89. The quantitative estimate of drug-likeness (QED) is 0.838. The number of ether oxygens (including phenoxy) is 1. The van der Waals surface area contributed by atoms with E-state index in [2.05, 4.69) is 5.10 Å². The molecule has 1 unspecified atom stereocenters. The molecule has 1 saturated heterocycles. The van der Waals surface area contributed by atoms with E-state index < -0.39 is 10.0 Å². The van der Waals surface area contributed by atoms with Crippen LogP contribution in [-0.4, -0.2) is 48.8 Å². The first-order chi connectivity index (χ1) is 8.89. The molecule has 2 rings (SSSR count). The summed E-state index contributed by atoms with van der Waals surface area (Å²) in [6.07, 6.45) is 1.65. The van der Waals surface area contributed by atoms with E-state index in [0.29, 0.717) is 18.8 Å². The van der Waals surface area contributed by atoms with Crippen molar-refractivity contribution in [3.8, 4) is 0 Å². The molecule has 2 heterocycles. The molecule has 1 aliphatic heterocycles. The van der Waals surface area contributed by atoms with Gasteiger partial charge >= 0.3 is 0 Å². The molecule has 0 aliphatic carbocycles. The molecule has 0 aromatic carbocycles. The van der Waals surface area contributed by atoms with Crippen molar-refractivity contribution < 1.29 is 13.2 Å². The number of nitrogens with zero attached hydrogens (tertiary/aromatic N) is 3. The van der Waals surface area contributed by atoms with Gasteiger partial charge in [0, 0.05) is 26.7 Å². The van der Waals surface area contributed by atoms with Crippen molar-refractivity contribution >= 4 is 21.6 Å². The van der Waals surface area contributed by atoms with Gasteiger partial charge in [0.2, 0.25) is 10.0 Å². The van der Waals surface area contributed by atoms with Crippen LogP contribution in [0.1, 0.15) is 18.5 Å². The van der Waals surface area contributed by atoms with Gasteiger partial charge in [0.15, 0.2) is 0 Å². The van der Waals surface area contributed by atoms with Crippen LogP contribution in [0.3, 0.4) is 0 Å². The lowest BCUT2D eigenvalue weighted by molar-refractivity contribution is 0.149.